The number of likely N-dealkylation sites (tertiary alicyclic amines) is 1. The second kappa shape index (κ2) is 3.61. The van der Waals surface area contributed by atoms with Crippen LogP contribution in [0.3, 0.4) is 0 Å². The molecule has 0 bridgehead atoms. The van der Waals surface area contributed by atoms with Crippen LogP contribution in [0.25, 0.3) is 0 Å². The van der Waals surface area contributed by atoms with Crippen LogP contribution in [0.1, 0.15) is 25.0 Å². The molecular formula is C10H18N4. The molecule has 1 aliphatic rings. The second-order valence-electron chi connectivity index (χ2n) is 4.00. The van der Waals surface area contributed by atoms with Gasteiger partial charge in [0.25, 0.3) is 0 Å². The summed E-state index contributed by atoms with van der Waals surface area (Å²) in [7, 11) is 1.89. The molecule has 0 aromatic carbocycles. The quantitative estimate of drug-likeness (QED) is 0.758. The van der Waals surface area contributed by atoms with Crippen LogP contribution < -0.4 is 5.73 Å². The highest BCUT2D eigenvalue weighted by Crippen LogP contribution is 2.26. The van der Waals surface area contributed by atoms with Gasteiger partial charge in [0.1, 0.15) is 5.82 Å². The van der Waals surface area contributed by atoms with Crippen LogP contribution in [0.5, 0.6) is 0 Å². The van der Waals surface area contributed by atoms with Crippen molar-refractivity contribution in [3.8, 4) is 0 Å². The predicted molar refractivity (Wildman–Crippen MR) is 57.1 cm³/mol. The summed E-state index contributed by atoms with van der Waals surface area (Å²) in [6.07, 6.45) is 1.21. The smallest absolute Gasteiger partial charge is 0.121 e. The summed E-state index contributed by atoms with van der Waals surface area (Å²) < 4.78 is 1.75. The summed E-state index contributed by atoms with van der Waals surface area (Å²) in [4.78, 5) is 2.45. The van der Waals surface area contributed by atoms with Gasteiger partial charge in [0.15, 0.2) is 0 Å². The van der Waals surface area contributed by atoms with Gasteiger partial charge >= 0.3 is 0 Å². The number of anilines is 1. The number of aryl methyl sites for hydroxylation is 1. The summed E-state index contributed by atoms with van der Waals surface area (Å²) >= 11 is 0. The maximum absolute atomic E-state index is 5.76. The maximum atomic E-state index is 5.76. The molecule has 2 heterocycles. The predicted octanol–water partition coefficient (Wildman–Crippen LogP) is 0.811. The van der Waals surface area contributed by atoms with E-state index in [1.54, 1.807) is 4.68 Å². The van der Waals surface area contributed by atoms with E-state index in [1.807, 2.05) is 13.1 Å². The van der Waals surface area contributed by atoms with Crippen molar-refractivity contribution < 1.29 is 0 Å². The topological polar surface area (TPSA) is 47.1 Å². The van der Waals surface area contributed by atoms with Gasteiger partial charge in [0.05, 0.1) is 5.69 Å². The minimum Gasteiger partial charge on any atom is -0.384 e. The molecule has 2 N–H and O–H groups in total. The molecule has 2 rings (SSSR count). The Kier molecular flexibility index (Phi) is 2.46. The molecule has 1 atom stereocenters. The van der Waals surface area contributed by atoms with Crippen molar-refractivity contribution in [3.63, 3.8) is 0 Å². The fourth-order valence-electron chi connectivity index (χ4n) is 2.07. The fraction of sp³-hybridized carbons (Fsp3) is 0.700. The van der Waals surface area contributed by atoms with E-state index in [4.69, 9.17) is 5.73 Å². The molecule has 0 radical (unpaired) electrons. The second-order valence-corrected chi connectivity index (χ2v) is 4.00. The van der Waals surface area contributed by atoms with E-state index in [2.05, 4.69) is 16.9 Å². The molecule has 0 aliphatic carbocycles. The van der Waals surface area contributed by atoms with Crippen molar-refractivity contribution in [2.45, 2.75) is 19.3 Å². The number of rotatable bonds is 2. The SMILES string of the molecule is CCN1CCC(c2cc(N)n(C)n2)C1. The highest BCUT2D eigenvalue weighted by Gasteiger charge is 2.24. The molecular weight excluding hydrogens is 176 g/mol. The molecule has 1 aromatic heterocycles. The van der Waals surface area contributed by atoms with E-state index < -0.39 is 0 Å². The van der Waals surface area contributed by atoms with Gasteiger partial charge in [-0.05, 0) is 19.5 Å². The first-order valence-electron chi connectivity index (χ1n) is 5.22. The Balaban J connectivity index is 2.09. The van der Waals surface area contributed by atoms with E-state index in [0.29, 0.717) is 5.92 Å². The van der Waals surface area contributed by atoms with Crippen molar-refractivity contribution in [1.82, 2.24) is 14.7 Å². The van der Waals surface area contributed by atoms with Crippen molar-refractivity contribution in [3.05, 3.63) is 11.8 Å². The fourth-order valence-corrected chi connectivity index (χ4v) is 2.07. The Hall–Kier alpha value is -1.03. The van der Waals surface area contributed by atoms with Crippen LogP contribution in [0.15, 0.2) is 6.07 Å². The first kappa shape index (κ1) is 9.52. The zero-order chi connectivity index (χ0) is 10.1. The summed E-state index contributed by atoms with van der Waals surface area (Å²) in [5.74, 6) is 1.34. The molecule has 14 heavy (non-hydrogen) atoms. The molecule has 1 saturated heterocycles. The molecule has 1 aromatic rings. The molecule has 0 amide bonds. The van der Waals surface area contributed by atoms with Gasteiger partial charge in [-0.2, -0.15) is 5.10 Å². The van der Waals surface area contributed by atoms with E-state index in [-0.39, 0.29) is 0 Å². The summed E-state index contributed by atoms with van der Waals surface area (Å²) in [6, 6.07) is 2.00. The van der Waals surface area contributed by atoms with Gasteiger partial charge in [-0.25, -0.2) is 0 Å². The minimum atomic E-state index is 0.582. The van der Waals surface area contributed by atoms with Crippen LogP contribution in [-0.4, -0.2) is 34.3 Å². The Morgan fingerprint density at radius 3 is 2.93 bits per heavy atom. The summed E-state index contributed by atoms with van der Waals surface area (Å²) in [5.41, 5.74) is 6.92. The van der Waals surface area contributed by atoms with Gasteiger partial charge in [0.2, 0.25) is 0 Å². The third-order valence-electron chi connectivity index (χ3n) is 3.07. The van der Waals surface area contributed by atoms with Crippen LogP contribution in [0.4, 0.5) is 5.82 Å². The lowest BCUT2D eigenvalue weighted by Crippen LogP contribution is -2.19. The largest absolute Gasteiger partial charge is 0.384 e. The Morgan fingerprint density at radius 1 is 1.64 bits per heavy atom. The molecule has 4 nitrogen and oxygen atoms in total. The average Bonchev–Trinajstić information content (AvgIpc) is 2.74. The van der Waals surface area contributed by atoms with Crippen molar-refractivity contribution in [2.75, 3.05) is 25.4 Å². The van der Waals surface area contributed by atoms with Gasteiger partial charge < -0.3 is 10.6 Å². The first-order chi connectivity index (χ1) is 6.70. The van der Waals surface area contributed by atoms with Crippen molar-refractivity contribution in [2.24, 2.45) is 7.05 Å². The number of aromatic nitrogens is 2. The minimum absolute atomic E-state index is 0.582. The highest BCUT2D eigenvalue weighted by atomic mass is 15.3. The number of hydrogen-bond donors (Lipinski definition) is 1. The lowest BCUT2D eigenvalue weighted by atomic mass is 10.1. The zero-order valence-corrected chi connectivity index (χ0v) is 8.90. The van der Waals surface area contributed by atoms with E-state index in [1.165, 1.54) is 13.0 Å². The van der Waals surface area contributed by atoms with E-state index >= 15 is 0 Å². The molecule has 0 spiro atoms. The molecule has 0 saturated carbocycles. The molecule has 4 heteroatoms. The Bertz CT molecular complexity index is 298. The van der Waals surface area contributed by atoms with E-state index in [9.17, 15) is 0 Å². The van der Waals surface area contributed by atoms with Crippen LogP contribution in [0, 0.1) is 0 Å². The number of likely N-dealkylation sites (N-methyl/N-ethyl adjacent to an activating group) is 1. The van der Waals surface area contributed by atoms with Crippen molar-refractivity contribution >= 4 is 5.82 Å². The normalized spacial score (nSPS) is 23.1. The number of nitrogen functional groups attached to an aromatic ring is 1. The van der Waals surface area contributed by atoms with Gasteiger partial charge in [-0.1, -0.05) is 6.92 Å². The standard InChI is InChI=1S/C10H18N4/c1-3-14-5-4-8(7-14)9-6-10(11)13(2)12-9/h6,8H,3-5,7,11H2,1-2H3. The van der Waals surface area contributed by atoms with Crippen molar-refractivity contribution in [1.29, 1.82) is 0 Å². The number of nitrogens with zero attached hydrogens (tertiary/aromatic N) is 3. The number of nitrogens with two attached hydrogens (primary N) is 1. The van der Waals surface area contributed by atoms with Crippen LogP contribution in [-0.2, 0) is 7.05 Å². The third-order valence-corrected chi connectivity index (χ3v) is 3.07. The Labute approximate surface area is 84.7 Å². The number of hydrogen-bond acceptors (Lipinski definition) is 3. The first-order valence-corrected chi connectivity index (χ1v) is 5.22. The van der Waals surface area contributed by atoms with Gasteiger partial charge in [-0.3, -0.25) is 4.68 Å². The molecule has 1 unspecified atom stereocenters. The highest BCUT2D eigenvalue weighted by molar-refractivity contribution is 5.32. The lowest BCUT2D eigenvalue weighted by Gasteiger charge is -2.11. The van der Waals surface area contributed by atoms with Gasteiger partial charge in [0, 0.05) is 25.6 Å². The lowest BCUT2D eigenvalue weighted by molar-refractivity contribution is 0.353. The Morgan fingerprint density at radius 2 is 2.43 bits per heavy atom. The average molecular weight is 194 g/mol. The maximum Gasteiger partial charge on any atom is 0.121 e. The monoisotopic (exact) mass is 194 g/mol. The molecule has 1 fully saturated rings. The summed E-state index contributed by atoms with van der Waals surface area (Å²) in [5, 5.41) is 4.43. The third kappa shape index (κ3) is 1.62. The van der Waals surface area contributed by atoms with Crippen LogP contribution in [0.2, 0.25) is 0 Å². The van der Waals surface area contributed by atoms with E-state index in [0.717, 1.165) is 24.6 Å². The van der Waals surface area contributed by atoms with Gasteiger partial charge in [-0.15, -0.1) is 0 Å². The van der Waals surface area contributed by atoms with Crippen LogP contribution >= 0.6 is 0 Å². The zero-order valence-electron chi connectivity index (χ0n) is 8.90. The molecule has 1 aliphatic heterocycles. The summed E-state index contributed by atoms with van der Waals surface area (Å²) in [6.45, 7) is 5.67. The molecule has 78 valence electrons.